The number of carbonyl (C=O) groups excluding carboxylic acids is 1. The summed E-state index contributed by atoms with van der Waals surface area (Å²) in [6.45, 7) is 0.197. The van der Waals surface area contributed by atoms with E-state index < -0.39 is 0 Å². The van der Waals surface area contributed by atoms with Crippen molar-refractivity contribution in [3.63, 3.8) is 0 Å². The molecule has 2 aliphatic heterocycles. The Kier molecular flexibility index (Phi) is 4.81. The zero-order valence-corrected chi connectivity index (χ0v) is 17.9. The van der Waals surface area contributed by atoms with Crippen molar-refractivity contribution in [2.24, 2.45) is 4.99 Å². The smallest absolute Gasteiger partial charge is 0.282 e. The lowest BCUT2D eigenvalue weighted by atomic mass is 10.1. The number of halogens is 2. The van der Waals surface area contributed by atoms with Crippen LogP contribution in [0.15, 0.2) is 81.9 Å². The monoisotopic (exact) mass is 480 g/mol. The van der Waals surface area contributed by atoms with Crippen LogP contribution in [0, 0.1) is 0 Å². The molecule has 0 saturated heterocycles. The molecule has 2 aliphatic rings. The van der Waals surface area contributed by atoms with E-state index in [9.17, 15) is 4.79 Å². The number of fused-ring (bicyclic) bond motifs is 1. The van der Waals surface area contributed by atoms with Gasteiger partial charge in [-0.05, 0) is 54.1 Å². The Bertz CT molecular complexity index is 1220. The molecule has 0 bridgehead atoms. The number of amidine groups is 1. The molecule has 2 heterocycles. The van der Waals surface area contributed by atoms with Crippen molar-refractivity contribution in [3.05, 3.63) is 93.0 Å². The maximum Gasteiger partial charge on any atom is 0.282 e. The Hall–Kier alpha value is -3.09. The van der Waals surface area contributed by atoms with Crippen molar-refractivity contribution < 1.29 is 14.3 Å². The van der Waals surface area contributed by atoms with E-state index >= 15 is 0 Å². The fourth-order valence-corrected chi connectivity index (χ4v) is 3.92. The number of aliphatic imine (C=N–C) groups is 1. The minimum Gasteiger partial charge on any atom is -0.454 e. The Morgan fingerprint density at radius 1 is 1.00 bits per heavy atom. The molecule has 5 nitrogen and oxygen atoms in total. The van der Waals surface area contributed by atoms with Gasteiger partial charge >= 0.3 is 0 Å². The molecule has 0 spiro atoms. The van der Waals surface area contributed by atoms with Gasteiger partial charge in [-0.25, -0.2) is 4.99 Å². The van der Waals surface area contributed by atoms with Crippen LogP contribution in [0.3, 0.4) is 0 Å². The molecule has 0 unspecified atom stereocenters. The van der Waals surface area contributed by atoms with E-state index in [1.807, 2.05) is 42.5 Å². The number of amides is 1. The van der Waals surface area contributed by atoms with E-state index in [4.69, 9.17) is 21.1 Å². The highest BCUT2D eigenvalue weighted by atomic mass is 79.9. The molecule has 3 aromatic rings. The van der Waals surface area contributed by atoms with Gasteiger partial charge in [0.15, 0.2) is 11.5 Å². The summed E-state index contributed by atoms with van der Waals surface area (Å²) < 4.78 is 11.6. The van der Waals surface area contributed by atoms with Gasteiger partial charge in [0.05, 0.1) is 5.69 Å². The van der Waals surface area contributed by atoms with Crippen LogP contribution in [0.1, 0.15) is 11.1 Å². The largest absolute Gasteiger partial charge is 0.454 e. The summed E-state index contributed by atoms with van der Waals surface area (Å²) in [7, 11) is 0. The highest BCUT2D eigenvalue weighted by Gasteiger charge is 2.33. The molecule has 5 rings (SSSR count). The average Bonchev–Trinajstić information content (AvgIpc) is 3.34. The first-order valence-corrected chi connectivity index (χ1v) is 10.3. The molecule has 30 heavy (non-hydrogen) atoms. The maximum absolute atomic E-state index is 13.4. The van der Waals surface area contributed by atoms with Crippen LogP contribution in [0.2, 0.25) is 5.02 Å². The predicted molar refractivity (Wildman–Crippen MR) is 120 cm³/mol. The number of rotatable bonds is 3. The molecule has 0 fully saturated rings. The van der Waals surface area contributed by atoms with Gasteiger partial charge in [0.25, 0.3) is 5.91 Å². The molecule has 0 N–H and O–H groups in total. The van der Waals surface area contributed by atoms with Gasteiger partial charge in [0.1, 0.15) is 11.5 Å². The summed E-state index contributed by atoms with van der Waals surface area (Å²) in [5.41, 5.74) is 2.63. The van der Waals surface area contributed by atoms with Crippen LogP contribution in [-0.4, -0.2) is 18.5 Å². The third-order valence-corrected chi connectivity index (χ3v) is 5.70. The average molecular weight is 482 g/mol. The first-order chi connectivity index (χ1) is 14.6. The molecule has 148 valence electrons. The van der Waals surface area contributed by atoms with Gasteiger partial charge in [-0.1, -0.05) is 51.8 Å². The first kappa shape index (κ1) is 18.9. The highest BCUT2D eigenvalue weighted by molar-refractivity contribution is 9.10. The zero-order valence-electron chi connectivity index (χ0n) is 15.5. The zero-order chi connectivity index (χ0) is 20.7. The van der Waals surface area contributed by atoms with Gasteiger partial charge in [-0.3, -0.25) is 9.69 Å². The SMILES string of the molecule is O=C1/C(=C\c2ccc3c(c2)OCO3)N=C(c2ccccc2Br)N1c1ccc(Cl)cc1. The van der Waals surface area contributed by atoms with Crippen molar-refractivity contribution in [1.82, 2.24) is 0 Å². The lowest BCUT2D eigenvalue weighted by Crippen LogP contribution is -2.32. The second kappa shape index (κ2) is 7.63. The fraction of sp³-hybridized carbons (Fsp3) is 0.0435. The minimum atomic E-state index is -0.222. The molecule has 0 aliphatic carbocycles. The van der Waals surface area contributed by atoms with Gasteiger partial charge in [0, 0.05) is 15.1 Å². The Balaban J connectivity index is 1.61. The van der Waals surface area contributed by atoms with E-state index in [0.29, 0.717) is 33.7 Å². The molecule has 0 radical (unpaired) electrons. The predicted octanol–water partition coefficient (Wildman–Crippen LogP) is 5.67. The number of ether oxygens (including phenoxy) is 2. The number of benzene rings is 3. The number of hydrogen-bond donors (Lipinski definition) is 0. The maximum atomic E-state index is 13.4. The Labute approximate surface area is 186 Å². The third kappa shape index (κ3) is 3.38. The summed E-state index contributed by atoms with van der Waals surface area (Å²) in [6, 6.07) is 20.3. The van der Waals surface area contributed by atoms with Crippen LogP contribution in [0.4, 0.5) is 5.69 Å². The van der Waals surface area contributed by atoms with Gasteiger partial charge in [-0.15, -0.1) is 0 Å². The van der Waals surface area contributed by atoms with Crippen LogP contribution in [-0.2, 0) is 4.79 Å². The molecule has 0 saturated carbocycles. The molecule has 0 atom stereocenters. The van der Waals surface area contributed by atoms with E-state index in [0.717, 1.165) is 15.6 Å². The topological polar surface area (TPSA) is 51.1 Å². The van der Waals surface area contributed by atoms with Gasteiger partial charge in [0.2, 0.25) is 6.79 Å². The molecule has 0 aromatic heterocycles. The number of anilines is 1. The lowest BCUT2D eigenvalue weighted by molar-refractivity contribution is -0.113. The summed E-state index contributed by atoms with van der Waals surface area (Å²) >= 11 is 9.61. The number of hydrogen-bond acceptors (Lipinski definition) is 4. The van der Waals surface area contributed by atoms with Gasteiger partial charge < -0.3 is 9.47 Å². The quantitative estimate of drug-likeness (QED) is 0.453. The van der Waals surface area contributed by atoms with Crippen LogP contribution in [0.25, 0.3) is 6.08 Å². The van der Waals surface area contributed by atoms with Crippen LogP contribution >= 0.6 is 27.5 Å². The minimum absolute atomic E-state index is 0.197. The summed E-state index contributed by atoms with van der Waals surface area (Å²) in [5.74, 6) is 1.66. The van der Waals surface area contributed by atoms with Crippen molar-refractivity contribution in [2.75, 3.05) is 11.7 Å². The number of carbonyl (C=O) groups is 1. The van der Waals surface area contributed by atoms with Crippen molar-refractivity contribution >= 4 is 51.0 Å². The van der Waals surface area contributed by atoms with Crippen molar-refractivity contribution in [3.8, 4) is 11.5 Å². The summed E-state index contributed by atoms with van der Waals surface area (Å²) in [5, 5.41) is 0.598. The number of nitrogens with zero attached hydrogens (tertiary/aromatic N) is 2. The Morgan fingerprint density at radius 3 is 2.57 bits per heavy atom. The standard InChI is InChI=1S/C23H14BrClN2O3/c24-18-4-2-1-3-17(18)22-26-19(11-14-5-10-20-21(12-14)30-13-29-20)23(28)27(22)16-8-6-15(25)7-9-16/h1-12H,13H2/b19-11+. The fourth-order valence-electron chi connectivity index (χ4n) is 3.33. The van der Waals surface area contributed by atoms with Crippen molar-refractivity contribution in [1.29, 1.82) is 0 Å². The molecular formula is C23H14BrClN2O3. The van der Waals surface area contributed by atoms with Crippen LogP contribution < -0.4 is 14.4 Å². The second-order valence-corrected chi connectivity index (χ2v) is 7.97. The van der Waals surface area contributed by atoms with Gasteiger partial charge in [-0.2, -0.15) is 0 Å². The van der Waals surface area contributed by atoms with E-state index in [2.05, 4.69) is 20.9 Å². The Morgan fingerprint density at radius 2 is 1.77 bits per heavy atom. The summed E-state index contributed by atoms with van der Waals surface area (Å²) in [6.07, 6.45) is 1.75. The second-order valence-electron chi connectivity index (χ2n) is 6.67. The van der Waals surface area contributed by atoms with E-state index in [-0.39, 0.29) is 12.7 Å². The lowest BCUT2D eigenvalue weighted by Gasteiger charge is -2.19. The van der Waals surface area contributed by atoms with E-state index in [1.165, 1.54) is 0 Å². The molecular weight excluding hydrogens is 468 g/mol. The summed E-state index contributed by atoms with van der Waals surface area (Å²) in [4.78, 5) is 19.6. The highest BCUT2D eigenvalue weighted by Crippen LogP contribution is 2.35. The molecule has 7 heteroatoms. The molecule has 3 aromatic carbocycles. The molecule has 1 amide bonds. The third-order valence-electron chi connectivity index (χ3n) is 4.76. The first-order valence-electron chi connectivity index (χ1n) is 9.15. The van der Waals surface area contributed by atoms with Crippen LogP contribution in [0.5, 0.6) is 11.5 Å². The van der Waals surface area contributed by atoms with Crippen molar-refractivity contribution in [2.45, 2.75) is 0 Å². The van der Waals surface area contributed by atoms with E-state index in [1.54, 1.807) is 35.2 Å². The normalized spacial score (nSPS) is 16.3.